The average Bonchev–Trinajstić information content (AvgIpc) is 2.92. The average molecular weight is 342 g/mol. The normalized spacial score (nSPS) is 10.9. The number of methoxy groups -OCH3 is 1. The second kappa shape index (κ2) is 9.40. The second-order valence-corrected chi connectivity index (χ2v) is 6.61. The van der Waals surface area contributed by atoms with E-state index in [1.807, 2.05) is 13.8 Å². The maximum Gasteiger partial charge on any atom is 0.278 e. The van der Waals surface area contributed by atoms with E-state index in [1.165, 1.54) is 37.7 Å². The van der Waals surface area contributed by atoms with Crippen LogP contribution >= 0.6 is 0 Å². The molecule has 0 aliphatic rings. The molecule has 0 amide bonds. The molecule has 0 saturated carbocycles. The molecule has 0 aliphatic heterocycles. The first-order valence-electron chi connectivity index (χ1n) is 9.32. The van der Waals surface area contributed by atoms with Crippen LogP contribution in [0.4, 0.5) is 0 Å². The van der Waals surface area contributed by atoms with Crippen LogP contribution in [0.3, 0.4) is 0 Å². The van der Waals surface area contributed by atoms with Gasteiger partial charge in [0, 0.05) is 11.3 Å². The number of unbranched alkanes of at least 4 members (excludes halogenated alkanes) is 5. The lowest BCUT2D eigenvalue weighted by Gasteiger charge is -2.06. The van der Waals surface area contributed by atoms with Crippen molar-refractivity contribution >= 4 is 5.91 Å². The van der Waals surface area contributed by atoms with E-state index in [0.717, 1.165) is 30.0 Å². The second-order valence-electron chi connectivity index (χ2n) is 6.61. The third kappa shape index (κ3) is 4.94. The van der Waals surface area contributed by atoms with Crippen molar-refractivity contribution in [2.75, 3.05) is 7.11 Å². The zero-order valence-corrected chi connectivity index (χ0v) is 16.0. The summed E-state index contributed by atoms with van der Waals surface area (Å²) >= 11 is 0. The number of carbonyl (C=O) groups excluding carboxylic acids is 1. The van der Waals surface area contributed by atoms with Crippen molar-refractivity contribution in [3.05, 3.63) is 46.8 Å². The molecule has 2 aromatic rings. The zero-order chi connectivity index (χ0) is 18.2. The number of hydrogen-bond acceptors (Lipinski definition) is 3. The summed E-state index contributed by atoms with van der Waals surface area (Å²) in [6.45, 7) is 6.23. The lowest BCUT2D eigenvalue weighted by molar-refractivity contribution is 0.0942. The van der Waals surface area contributed by atoms with Gasteiger partial charge in [0.2, 0.25) is 0 Å². The first-order valence-corrected chi connectivity index (χ1v) is 9.32. The van der Waals surface area contributed by atoms with Gasteiger partial charge in [0.25, 0.3) is 5.91 Å². The highest BCUT2D eigenvalue weighted by atomic mass is 16.5. The topological polar surface area (TPSA) is 44.1 Å². The van der Waals surface area contributed by atoms with Crippen LogP contribution in [0.15, 0.2) is 24.3 Å². The maximum atomic E-state index is 12.7. The molecule has 1 aromatic carbocycles. The number of aromatic nitrogens is 2. The van der Waals surface area contributed by atoms with Gasteiger partial charge < -0.3 is 4.74 Å². The van der Waals surface area contributed by atoms with E-state index < -0.39 is 0 Å². The Balaban J connectivity index is 2.03. The Hall–Kier alpha value is -2.10. The molecule has 136 valence electrons. The van der Waals surface area contributed by atoms with Gasteiger partial charge in [-0.25, -0.2) is 4.68 Å². The van der Waals surface area contributed by atoms with Crippen LogP contribution < -0.4 is 4.74 Å². The molecule has 0 saturated heterocycles. The quantitative estimate of drug-likeness (QED) is 0.596. The standard InChI is InChI=1S/C21H30N2O2/c1-5-6-7-8-9-10-11-20-16(2)22-23(17(20)3)21(24)18-12-14-19(25-4)15-13-18/h12-15H,5-11H2,1-4H3. The lowest BCUT2D eigenvalue weighted by atomic mass is 10.0. The van der Waals surface area contributed by atoms with E-state index >= 15 is 0 Å². The molecular weight excluding hydrogens is 312 g/mol. The molecule has 0 atom stereocenters. The predicted molar refractivity (Wildman–Crippen MR) is 102 cm³/mol. The van der Waals surface area contributed by atoms with Crippen molar-refractivity contribution < 1.29 is 9.53 Å². The van der Waals surface area contributed by atoms with Crippen molar-refractivity contribution in [3.63, 3.8) is 0 Å². The van der Waals surface area contributed by atoms with Crippen molar-refractivity contribution in [1.82, 2.24) is 9.78 Å². The molecule has 25 heavy (non-hydrogen) atoms. The summed E-state index contributed by atoms with van der Waals surface area (Å²) in [6, 6.07) is 7.17. The molecule has 1 aromatic heterocycles. The summed E-state index contributed by atoms with van der Waals surface area (Å²) in [4.78, 5) is 12.7. The molecule has 0 bridgehead atoms. The molecule has 0 unspecified atom stereocenters. The molecule has 0 N–H and O–H groups in total. The Morgan fingerprint density at radius 3 is 2.32 bits per heavy atom. The number of rotatable bonds is 9. The third-order valence-electron chi connectivity index (χ3n) is 4.75. The molecule has 4 nitrogen and oxygen atoms in total. The molecule has 0 aliphatic carbocycles. The number of aryl methyl sites for hydroxylation is 1. The van der Waals surface area contributed by atoms with Crippen LogP contribution in [0.1, 0.15) is 72.8 Å². The maximum absolute atomic E-state index is 12.7. The van der Waals surface area contributed by atoms with Crippen LogP contribution in [0, 0.1) is 13.8 Å². The van der Waals surface area contributed by atoms with Gasteiger partial charge in [-0.2, -0.15) is 5.10 Å². The van der Waals surface area contributed by atoms with Gasteiger partial charge >= 0.3 is 0 Å². The molecule has 2 rings (SSSR count). The molecule has 4 heteroatoms. The summed E-state index contributed by atoms with van der Waals surface area (Å²) in [5.41, 5.74) is 3.77. The Labute approximate surface area is 151 Å². The zero-order valence-electron chi connectivity index (χ0n) is 16.0. The van der Waals surface area contributed by atoms with Gasteiger partial charge in [-0.05, 0) is 56.5 Å². The minimum Gasteiger partial charge on any atom is -0.497 e. The van der Waals surface area contributed by atoms with Gasteiger partial charge in [0.1, 0.15) is 5.75 Å². The Morgan fingerprint density at radius 2 is 1.68 bits per heavy atom. The largest absolute Gasteiger partial charge is 0.497 e. The van der Waals surface area contributed by atoms with Gasteiger partial charge in [-0.3, -0.25) is 4.79 Å². The SMILES string of the molecule is CCCCCCCCc1c(C)nn(C(=O)c2ccc(OC)cc2)c1C. The summed E-state index contributed by atoms with van der Waals surface area (Å²) in [5.74, 6) is 0.658. The van der Waals surface area contributed by atoms with Gasteiger partial charge in [0.15, 0.2) is 0 Å². The fourth-order valence-electron chi connectivity index (χ4n) is 3.17. The summed E-state index contributed by atoms with van der Waals surface area (Å²) in [7, 11) is 1.62. The van der Waals surface area contributed by atoms with Crippen LogP contribution in [-0.2, 0) is 6.42 Å². The smallest absolute Gasteiger partial charge is 0.278 e. The van der Waals surface area contributed by atoms with E-state index in [0.29, 0.717) is 5.56 Å². The number of benzene rings is 1. The van der Waals surface area contributed by atoms with E-state index in [4.69, 9.17) is 4.74 Å². The lowest BCUT2D eigenvalue weighted by Crippen LogP contribution is -2.15. The monoisotopic (exact) mass is 342 g/mol. The Morgan fingerprint density at radius 1 is 1.04 bits per heavy atom. The summed E-state index contributed by atoms with van der Waals surface area (Å²) in [6.07, 6.45) is 8.63. The minimum absolute atomic E-state index is 0.0857. The van der Waals surface area contributed by atoms with Crippen molar-refractivity contribution in [3.8, 4) is 5.75 Å². The molecule has 0 spiro atoms. The van der Waals surface area contributed by atoms with Crippen LogP contribution in [0.5, 0.6) is 5.75 Å². The van der Waals surface area contributed by atoms with Crippen molar-refractivity contribution in [1.29, 1.82) is 0 Å². The first kappa shape index (κ1) is 19.2. The van der Waals surface area contributed by atoms with Crippen LogP contribution in [-0.4, -0.2) is 22.8 Å². The van der Waals surface area contributed by atoms with Crippen molar-refractivity contribution in [2.24, 2.45) is 0 Å². The number of hydrogen-bond donors (Lipinski definition) is 0. The highest BCUT2D eigenvalue weighted by Gasteiger charge is 2.17. The fraction of sp³-hybridized carbons (Fsp3) is 0.524. The number of carbonyl (C=O) groups is 1. The van der Waals surface area contributed by atoms with Crippen molar-refractivity contribution in [2.45, 2.75) is 65.7 Å². The Kier molecular flexibility index (Phi) is 7.23. The number of nitrogens with zero attached hydrogens (tertiary/aromatic N) is 2. The van der Waals surface area contributed by atoms with Gasteiger partial charge in [-0.1, -0.05) is 39.0 Å². The van der Waals surface area contributed by atoms with Crippen LogP contribution in [0.2, 0.25) is 0 Å². The molecular formula is C21H30N2O2. The van der Waals surface area contributed by atoms with E-state index in [2.05, 4.69) is 12.0 Å². The highest BCUT2D eigenvalue weighted by molar-refractivity contribution is 5.96. The summed E-state index contributed by atoms with van der Waals surface area (Å²) < 4.78 is 6.69. The molecule has 1 heterocycles. The minimum atomic E-state index is -0.0857. The Bertz CT molecular complexity index is 687. The van der Waals surface area contributed by atoms with Gasteiger partial charge in [0.05, 0.1) is 12.8 Å². The van der Waals surface area contributed by atoms with E-state index in [9.17, 15) is 4.79 Å². The fourth-order valence-corrected chi connectivity index (χ4v) is 3.17. The van der Waals surface area contributed by atoms with Gasteiger partial charge in [-0.15, -0.1) is 0 Å². The highest BCUT2D eigenvalue weighted by Crippen LogP contribution is 2.19. The van der Waals surface area contributed by atoms with Crippen LogP contribution in [0.25, 0.3) is 0 Å². The predicted octanol–water partition coefficient (Wildman–Crippen LogP) is 5.10. The summed E-state index contributed by atoms with van der Waals surface area (Å²) in [5, 5.41) is 4.49. The first-order chi connectivity index (χ1) is 12.1. The van der Waals surface area contributed by atoms with E-state index in [1.54, 1.807) is 36.1 Å². The number of ether oxygens (including phenoxy) is 1. The molecule has 0 fully saturated rings. The third-order valence-corrected chi connectivity index (χ3v) is 4.75. The molecule has 0 radical (unpaired) electrons. The van der Waals surface area contributed by atoms with E-state index in [-0.39, 0.29) is 5.91 Å².